The van der Waals surface area contributed by atoms with E-state index in [2.05, 4.69) is 15.3 Å². The van der Waals surface area contributed by atoms with Gasteiger partial charge in [0.15, 0.2) is 9.84 Å². The van der Waals surface area contributed by atoms with Crippen molar-refractivity contribution in [3.63, 3.8) is 0 Å². The molecule has 1 atom stereocenters. The van der Waals surface area contributed by atoms with Gasteiger partial charge in [-0.25, -0.2) is 8.42 Å². The fraction of sp³-hybridized carbons (Fsp3) is 0.786. The van der Waals surface area contributed by atoms with Gasteiger partial charge in [0.05, 0.1) is 19.4 Å². The van der Waals surface area contributed by atoms with Crippen molar-refractivity contribution in [1.82, 2.24) is 20.0 Å². The Morgan fingerprint density at radius 2 is 2.14 bits per heavy atom. The summed E-state index contributed by atoms with van der Waals surface area (Å²) >= 11 is 0. The largest absolute Gasteiger partial charge is 0.379 e. The smallest absolute Gasteiger partial charge is 0.167 e. The summed E-state index contributed by atoms with van der Waals surface area (Å²) in [5, 5.41) is 6.88. The van der Waals surface area contributed by atoms with E-state index in [1.54, 1.807) is 6.20 Å². The third-order valence-corrected chi connectivity index (χ3v) is 5.61. The average molecular weight is 328 g/mol. The van der Waals surface area contributed by atoms with Crippen LogP contribution in [0.5, 0.6) is 0 Å². The van der Waals surface area contributed by atoms with E-state index >= 15 is 0 Å². The van der Waals surface area contributed by atoms with Crippen LogP contribution in [0.1, 0.15) is 23.1 Å². The van der Waals surface area contributed by atoms with Gasteiger partial charge >= 0.3 is 0 Å². The van der Waals surface area contributed by atoms with E-state index in [1.807, 2.05) is 4.68 Å². The number of morpholine rings is 1. The van der Waals surface area contributed by atoms with Crippen LogP contribution >= 0.6 is 0 Å². The maximum atomic E-state index is 11.9. The van der Waals surface area contributed by atoms with Crippen LogP contribution < -0.4 is 5.32 Å². The van der Waals surface area contributed by atoms with Crippen molar-refractivity contribution in [2.45, 2.75) is 24.8 Å². The summed E-state index contributed by atoms with van der Waals surface area (Å²) in [6.45, 7) is 6.18. The normalized spacial score (nSPS) is 23.4. The van der Waals surface area contributed by atoms with Gasteiger partial charge in [0.1, 0.15) is 5.37 Å². The Morgan fingerprint density at radius 1 is 1.36 bits per heavy atom. The maximum Gasteiger partial charge on any atom is 0.167 e. The van der Waals surface area contributed by atoms with Crippen molar-refractivity contribution in [1.29, 1.82) is 0 Å². The second-order valence-corrected chi connectivity index (χ2v) is 8.12. The predicted octanol–water partition coefficient (Wildman–Crippen LogP) is -0.206. The first-order chi connectivity index (χ1) is 10.6. The molecule has 1 aromatic heterocycles. The minimum Gasteiger partial charge on any atom is -0.379 e. The number of aryl methyl sites for hydroxylation is 1. The van der Waals surface area contributed by atoms with Gasteiger partial charge in [-0.3, -0.25) is 14.9 Å². The number of fused-ring (bicyclic) bond motifs is 1. The second kappa shape index (κ2) is 6.66. The molecule has 0 aromatic carbocycles. The summed E-state index contributed by atoms with van der Waals surface area (Å²) in [7, 11) is -3.15. The SMILES string of the molecule is CS(=O)(=O)C1NCCc2c1cnn2CCCN1CCOCC1. The lowest BCUT2D eigenvalue weighted by atomic mass is 10.1. The highest BCUT2D eigenvalue weighted by Gasteiger charge is 2.30. The standard InChI is InChI=1S/C14H24N4O3S/c1-22(19,20)14-12-11-16-18(13(12)3-4-15-14)6-2-5-17-7-9-21-10-8-17/h11,14-15H,2-10H2,1H3. The van der Waals surface area contributed by atoms with Crippen LogP contribution in [0.15, 0.2) is 6.20 Å². The maximum absolute atomic E-state index is 11.9. The Hall–Kier alpha value is -0.960. The fourth-order valence-electron chi connectivity index (χ4n) is 3.19. The van der Waals surface area contributed by atoms with Gasteiger partial charge in [0.25, 0.3) is 0 Å². The first-order valence-corrected chi connectivity index (χ1v) is 9.78. The average Bonchev–Trinajstić information content (AvgIpc) is 2.91. The van der Waals surface area contributed by atoms with Gasteiger partial charge in [-0.1, -0.05) is 0 Å². The molecule has 0 bridgehead atoms. The van der Waals surface area contributed by atoms with Crippen molar-refractivity contribution in [2.75, 3.05) is 45.6 Å². The Morgan fingerprint density at radius 3 is 2.86 bits per heavy atom. The third-order valence-electron chi connectivity index (χ3n) is 4.33. The number of nitrogens with zero attached hydrogens (tertiary/aromatic N) is 3. The van der Waals surface area contributed by atoms with Crippen molar-refractivity contribution >= 4 is 9.84 Å². The molecular formula is C14H24N4O3S. The van der Waals surface area contributed by atoms with Crippen molar-refractivity contribution in [3.8, 4) is 0 Å². The van der Waals surface area contributed by atoms with E-state index < -0.39 is 15.2 Å². The molecule has 1 aromatic rings. The lowest BCUT2D eigenvalue weighted by Crippen LogP contribution is -2.37. The van der Waals surface area contributed by atoms with Gasteiger partial charge < -0.3 is 4.74 Å². The molecule has 1 fully saturated rings. The Labute approximate surface area is 131 Å². The fourth-order valence-corrected chi connectivity index (χ4v) is 4.27. The molecule has 7 nitrogen and oxygen atoms in total. The Balaban J connectivity index is 1.62. The molecule has 1 unspecified atom stereocenters. The van der Waals surface area contributed by atoms with E-state index in [1.165, 1.54) is 6.26 Å². The van der Waals surface area contributed by atoms with Crippen LogP contribution in [0.3, 0.4) is 0 Å². The third kappa shape index (κ3) is 3.51. The molecule has 3 heterocycles. The van der Waals surface area contributed by atoms with Crippen LogP contribution in [-0.2, 0) is 27.5 Å². The number of nitrogens with one attached hydrogen (secondary N) is 1. The van der Waals surface area contributed by atoms with Gasteiger partial charge in [0, 0.05) is 56.7 Å². The van der Waals surface area contributed by atoms with Gasteiger partial charge in [0.2, 0.25) is 0 Å². The molecule has 0 radical (unpaired) electrons. The molecule has 22 heavy (non-hydrogen) atoms. The molecule has 2 aliphatic heterocycles. The molecule has 1 saturated heterocycles. The van der Waals surface area contributed by atoms with E-state index in [4.69, 9.17) is 4.74 Å². The lowest BCUT2D eigenvalue weighted by molar-refractivity contribution is 0.0368. The Kier molecular flexibility index (Phi) is 4.82. The highest BCUT2D eigenvalue weighted by Crippen LogP contribution is 2.26. The number of hydrogen-bond acceptors (Lipinski definition) is 6. The number of hydrogen-bond donors (Lipinski definition) is 1. The molecule has 124 valence electrons. The quantitative estimate of drug-likeness (QED) is 0.806. The highest BCUT2D eigenvalue weighted by molar-refractivity contribution is 7.90. The predicted molar refractivity (Wildman–Crippen MR) is 83.4 cm³/mol. The molecule has 3 rings (SSSR count). The van der Waals surface area contributed by atoms with E-state index in [0.29, 0.717) is 6.54 Å². The highest BCUT2D eigenvalue weighted by atomic mass is 32.2. The molecular weight excluding hydrogens is 304 g/mol. The van der Waals surface area contributed by atoms with Crippen molar-refractivity contribution in [3.05, 3.63) is 17.5 Å². The molecule has 2 aliphatic rings. The first kappa shape index (κ1) is 15.9. The number of rotatable bonds is 5. The first-order valence-electron chi connectivity index (χ1n) is 7.82. The lowest BCUT2D eigenvalue weighted by Gasteiger charge is -2.27. The van der Waals surface area contributed by atoms with E-state index in [0.717, 1.165) is 63.5 Å². The zero-order chi connectivity index (χ0) is 15.6. The van der Waals surface area contributed by atoms with Crippen molar-refractivity contribution in [2.24, 2.45) is 0 Å². The van der Waals surface area contributed by atoms with Gasteiger partial charge in [-0.15, -0.1) is 0 Å². The number of ether oxygens (including phenoxy) is 1. The minimum atomic E-state index is -3.15. The molecule has 0 aliphatic carbocycles. The summed E-state index contributed by atoms with van der Waals surface area (Å²) in [5.41, 5.74) is 1.89. The number of sulfone groups is 1. The molecule has 1 N–H and O–H groups in total. The zero-order valence-corrected chi connectivity index (χ0v) is 13.8. The zero-order valence-electron chi connectivity index (χ0n) is 13.0. The molecule has 8 heteroatoms. The summed E-state index contributed by atoms with van der Waals surface area (Å²) in [6, 6.07) is 0. The summed E-state index contributed by atoms with van der Waals surface area (Å²) in [6.07, 6.45) is 4.83. The minimum absolute atomic E-state index is 0.607. The van der Waals surface area contributed by atoms with Crippen LogP contribution in [0, 0.1) is 0 Å². The summed E-state index contributed by atoms with van der Waals surface area (Å²) in [4.78, 5) is 2.40. The summed E-state index contributed by atoms with van der Waals surface area (Å²) < 4.78 is 31.0. The van der Waals surface area contributed by atoms with Gasteiger partial charge in [-0.2, -0.15) is 5.10 Å². The monoisotopic (exact) mass is 328 g/mol. The second-order valence-electron chi connectivity index (χ2n) is 5.99. The molecule has 0 amide bonds. The van der Waals surface area contributed by atoms with Gasteiger partial charge in [-0.05, 0) is 6.42 Å². The molecule has 0 saturated carbocycles. The summed E-state index contributed by atoms with van der Waals surface area (Å²) in [5.74, 6) is 0. The molecule has 0 spiro atoms. The Bertz CT molecular complexity index is 608. The van der Waals surface area contributed by atoms with Crippen LogP contribution in [0.25, 0.3) is 0 Å². The van der Waals surface area contributed by atoms with Crippen LogP contribution in [-0.4, -0.2) is 68.7 Å². The van der Waals surface area contributed by atoms with Crippen LogP contribution in [0.4, 0.5) is 0 Å². The van der Waals surface area contributed by atoms with Crippen LogP contribution in [0.2, 0.25) is 0 Å². The van der Waals surface area contributed by atoms with E-state index in [9.17, 15) is 8.42 Å². The number of aromatic nitrogens is 2. The van der Waals surface area contributed by atoms with Crippen molar-refractivity contribution < 1.29 is 13.2 Å². The topological polar surface area (TPSA) is 76.5 Å². The van der Waals surface area contributed by atoms with E-state index in [-0.39, 0.29) is 0 Å².